The molecule has 0 amide bonds. The molecule has 6 nitrogen and oxygen atoms in total. The van der Waals surface area contributed by atoms with Gasteiger partial charge in [0.05, 0.1) is 4.92 Å². The van der Waals surface area contributed by atoms with Crippen molar-refractivity contribution in [3.05, 3.63) is 39.4 Å². The Kier molecular flexibility index (Phi) is 3.01. The fraction of sp³-hybridized carbons (Fsp3) is 0.222. The molecule has 0 aromatic heterocycles. The number of hydrogen-bond acceptors (Lipinski definition) is 4. The number of aliphatic carboxylic acids is 1. The summed E-state index contributed by atoms with van der Waals surface area (Å²) in [6, 6.07) is 3.81. The zero-order valence-corrected chi connectivity index (χ0v) is 7.88. The Bertz CT molecular complexity index is 415. The predicted molar refractivity (Wildman–Crippen MR) is 50.4 cm³/mol. The van der Waals surface area contributed by atoms with Crippen LogP contribution in [0.4, 0.5) is 5.69 Å². The van der Waals surface area contributed by atoms with E-state index in [1.54, 1.807) is 0 Å². The number of benzene rings is 1. The molecule has 0 aliphatic heterocycles. The second-order valence-corrected chi connectivity index (χ2v) is 3.04. The van der Waals surface area contributed by atoms with Crippen LogP contribution in [0, 0.1) is 17.0 Å². The van der Waals surface area contributed by atoms with E-state index in [9.17, 15) is 20.0 Å². The Balaban J connectivity index is 3.18. The van der Waals surface area contributed by atoms with E-state index in [2.05, 4.69) is 0 Å². The lowest BCUT2D eigenvalue weighted by Gasteiger charge is -2.06. The highest BCUT2D eigenvalue weighted by Gasteiger charge is 2.19. The minimum Gasteiger partial charge on any atom is -0.479 e. The Morgan fingerprint density at radius 3 is 2.60 bits per heavy atom. The van der Waals surface area contributed by atoms with E-state index in [0.29, 0.717) is 5.56 Å². The molecule has 0 spiro atoms. The molecule has 0 radical (unpaired) electrons. The molecule has 6 heteroatoms. The van der Waals surface area contributed by atoms with Crippen LogP contribution >= 0.6 is 0 Å². The third kappa shape index (κ3) is 2.29. The minimum atomic E-state index is -1.73. The number of hydrogen-bond donors (Lipinski definition) is 2. The van der Waals surface area contributed by atoms with Crippen molar-refractivity contribution in [2.75, 3.05) is 0 Å². The van der Waals surface area contributed by atoms with Crippen LogP contribution in [0.15, 0.2) is 18.2 Å². The Labute approximate surface area is 84.9 Å². The summed E-state index contributed by atoms with van der Waals surface area (Å²) < 4.78 is 0. The van der Waals surface area contributed by atoms with E-state index in [-0.39, 0.29) is 11.3 Å². The number of rotatable bonds is 3. The van der Waals surface area contributed by atoms with Crippen LogP contribution in [0.5, 0.6) is 0 Å². The average molecular weight is 211 g/mol. The maximum Gasteiger partial charge on any atom is 0.337 e. The van der Waals surface area contributed by atoms with Gasteiger partial charge in [0.25, 0.3) is 5.69 Å². The molecule has 0 unspecified atom stereocenters. The Hall–Kier alpha value is -1.95. The molecule has 0 fully saturated rings. The summed E-state index contributed by atoms with van der Waals surface area (Å²) in [5, 5.41) is 28.2. The van der Waals surface area contributed by atoms with E-state index in [1.165, 1.54) is 19.1 Å². The summed E-state index contributed by atoms with van der Waals surface area (Å²) in [6.45, 7) is 1.54. The van der Waals surface area contributed by atoms with E-state index in [4.69, 9.17) is 5.11 Å². The lowest BCUT2D eigenvalue weighted by Crippen LogP contribution is -2.10. The largest absolute Gasteiger partial charge is 0.479 e. The zero-order chi connectivity index (χ0) is 11.6. The van der Waals surface area contributed by atoms with Gasteiger partial charge in [-0.05, 0) is 12.5 Å². The molecular formula is C9H9NO5. The molecule has 80 valence electrons. The number of aliphatic hydroxyl groups excluding tert-OH is 1. The quantitative estimate of drug-likeness (QED) is 0.574. The van der Waals surface area contributed by atoms with Crippen molar-refractivity contribution >= 4 is 11.7 Å². The van der Waals surface area contributed by atoms with Gasteiger partial charge in [0.2, 0.25) is 0 Å². The van der Waals surface area contributed by atoms with Crippen LogP contribution < -0.4 is 0 Å². The summed E-state index contributed by atoms with van der Waals surface area (Å²) in [5.41, 5.74) is 0.217. The first-order chi connectivity index (χ1) is 6.93. The Morgan fingerprint density at radius 1 is 1.53 bits per heavy atom. The molecule has 0 aliphatic carbocycles. The molecule has 0 aliphatic rings. The van der Waals surface area contributed by atoms with E-state index in [0.717, 1.165) is 6.07 Å². The number of nitro groups is 1. The van der Waals surface area contributed by atoms with Gasteiger partial charge in [0.15, 0.2) is 6.10 Å². The number of nitro benzene ring substituents is 1. The Morgan fingerprint density at radius 2 is 2.13 bits per heavy atom. The minimum absolute atomic E-state index is 0.000185. The number of nitrogens with zero attached hydrogens (tertiary/aromatic N) is 1. The molecule has 15 heavy (non-hydrogen) atoms. The lowest BCUT2D eigenvalue weighted by atomic mass is 10.1. The number of carbonyl (C=O) groups is 1. The SMILES string of the molecule is Cc1ccc([C@H](O)C(=O)O)cc1[N+](=O)[O-]. The van der Waals surface area contributed by atoms with Gasteiger partial charge in [-0.3, -0.25) is 10.1 Å². The number of aliphatic hydroxyl groups is 1. The van der Waals surface area contributed by atoms with Crippen molar-refractivity contribution < 1.29 is 19.9 Å². The first-order valence-corrected chi connectivity index (χ1v) is 4.09. The molecule has 2 N–H and O–H groups in total. The molecule has 0 bridgehead atoms. The van der Waals surface area contributed by atoms with Gasteiger partial charge >= 0.3 is 5.97 Å². The summed E-state index contributed by atoms with van der Waals surface area (Å²) in [7, 11) is 0. The first kappa shape index (κ1) is 11.1. The van der Waals surface area contributed by atoms with E-state index >= 15 is 0 Å². The second-order valence-electron chi connectivity index (χ2n) is 3.04. The molecule has 1 rings (SSSR count). The van der Waals surface area contributed by atoms with Crippen LogP contribution in [0.2, 0.25) is 0 Å². The topological polar surface area (TPSA) is 101 Å². The summed E-state index contributed by atoms with van der Waals surface area (Å²) in [6.07, 6.45) is -1.73. The maximum atomic E-state index is 10.5. The summed E-state index contributed by atoms with van der Waals surface area (Å²) in [4.78, 5) is 20.4. The van der Waals surface area contributed by atoms with Crippen molar-refractivity contribution in [1.29, 1.82) is 0 Å². The van der Waals surface area contributed by atoms with Crippen LogP contribution in [-0.4, -0.2) is 21.1 Å². The fourth-order valence-corrected chi connectivity index (χ4v) is 1.14. The van der Waals surface area contributed by atoms with Gasteiger partial charge in [-0.1, -0.05) is 12.1 Å². The molecule has 1 aromatic carbocycles. The molecule has 0 saturated heterocycles. The lowest BCUT2D eigenvalue weighted by molar-refractivity contribution is -0.385. The third-order valence-electron chi connectivity index (χ3n) is 1.98. The predicted octanol–water partition coefficient (Wildman–Crippen LogP) is 1.02. The monoisotopic (exact) mass is 211 g/mol. The highest BCUT2D eigenvalue weighted by atomic mass is 16.6. The second kappa shape index (κ2) is 4.05. The fourth-order valence-electron chi connectivity index (χ4n) is 1.14. The van der Waals surface area contributed by atoms with Crippen molar-refractivity contribution in [2.45, 2.75) is 13.0 Å². The van der Waals surface area contributed by atoms with E-state index in [1.807, 2.05) is 0 Å². The third-order valence-corrected chi connectivity index (χ3v) is 1.98. The van der Waals surface area contributed by atoms with Crippen molar-refractivity contribution in [3.63, 3.8) is 0 Å². The van der Waals surface area contributed by atoms with Gasteiger partial charge in [0.1, 0.15) is 0 Å². The van der Waals surface area contributed by atoms with Crippen LogP contribution in [0.25, 0.3) is 0 Å². The maximum absolute atomic E-state index is 10.5. The van der Waals surface area contributed by atoms with Crippen LogP contribution in [0.1, 0.15) is 17.2 Å². The molecule has 1 atom stereocenters. The molecule has 0 saturated carbocycles. The van der Waals surface area contributed by atoms with Crippen LogP contribution in [-0.2, 0) is 4.79 Å². The van der Waals surface area contributed by atoms with Crippen molar-refractivity contribution in [3.8, 4) is 0 Å². The standard InChI is InChI=1S/C9H9NO5/c1-5-2-3-6(8(11)9(12)13)4-7(5)10(14)15/h2-4,8,11H,1H3,(H,12,13)/t8-/m0/s1. The van der Waals surface area contributed by atoms with E-state index < -0.39 is 17.0 Å². The molecule has 1 aromatic rings. The number of aryl methyl sites for hydroxylation is 1. The molecule has 0 heterocycles. The van der Waals surface area contributed by atoms with Gasteiger partial charge in [-0.2, -0.15) is 0 Å². The smallest absolute Gasteiger partial charge is 0.337 e. The number of carboxylic acid groups (broad SMARTS) is 1. The van der Waals surface area contributed by atoms with Crippen molar-refractivity contribution in [1.82, 2.24) is 0 Å². The summed E-state index contributed by atoms with van der Waals surface area (Å²) in [5.74, 6) is -1.44. The van der Waals surface area contributed by atoms with Crippen molar-refractivity contribution in [2.24, 2.45) is 0 Å². The van der Waals surface area contributed by atoms with Gasteiger partial charge in [-0.25, -0.2) is 4.79 Å². The normalized spacial score (nSPS) is 12.1. The van der Waals surface area contributed by atoms with Gasteiger partial charge in [0, 0.05) is 11.6 Å². The van der Waals surface area contributed by atoms with Crippen LogP contribution in [0.3, 0.4) is 0 Å². The molecular weight excluding hydrogens is 202 g/mol. The summed E-state index contributed by atoms with van der Waals surface area (Å²) >= 11 is 0. The first-order valence-electron chi connectivity index (χ1n) is 4.09. The number of carboxylic acids is 1. The zero-order valence-electron chi connectivity index (χ0n) is 7.88. The highest BCUT2D eigenvalue weighted by Crippen LogP contribution is 2.23. The average Bonchev–Trinajstić information content (AvgIpc) is 2.16. The van der Waals surface area contributed by atoms with Gasteiger partial charge in [-0.15, -0.1) is 0 Å². The highest BCUT2D eigenvalue weighted by molar-refractivity contribution is 5.74. The van der Waals surface area contributed by atoms with Gasteiger partial charge < -0.3 is 10.2 Å².